The third-order valence-corrected chi connectivity index (χ3v) is 13.7. The van der Waals surface area contributed by atoms with Crippen LogP contribution in [0.15, 0.2) is 92.4 Å². The van der Waals surface area contributed by atoms with Crippen molar-refractivity contribution in [2.24, 2.45) is 0 Å². The van der Waals surface area contributed by atoms with Crippen LogP contribution in [0.1, 0.15) is 0 Å². The molecule has 0 atom stereocenters. The van der Waals surface area contributed by atoms with Gasteiger partial charge in [-0.15, -0.1) is 0 Å². The zero-order valence-corrected chi connectivity index (χ0v) is 33.1. The van der Waals surface area contributed by atoms with Gasteiger partial charge in [0.15, 0.2) is 23.3 Å². The van der Waals surface area contributed by atoms with E-state index in [2.05, 4.69) is 29.9 Å². The monoisotopic (exact) mass is 931 g/mol. The summed E-state index contributed by atoms with van der Waals surface area (Å²) in [5.74, 6) is -0.335. The molecule has 0 saturated carbocycles. The summed E-state index contributed by atoms with van der Waals surface area (Å²) in [6.07, 6.45) is 0. The molecule has 2 aliphatic rings. The van der Waals surface area contributed by atoms with Crippen molar-refractivity contribution in [1.82, 2.24) is 39.9 Å². The first-order valence-corrected chi connectivity index (χ1v) is 22.9. The standard InChI is InChI=1S/C32H16Cl2N8O10S4.Cu/c33-53(43,44)21-19-20(22(55(47,48)49)24(56(50,51)52)23(21)54(34,45)46)32-41-30-18-12-6-4-10-16(18)28(39-30)37-26-14-8-2-1-7-13(14)25(35-26)36-27-15-9-3-5-11-17(15)29(38-27)40-31(19)42-32;/h1-12H,(H,47,48,49)(H,50,51,52)(H2,35,36,37,38,39,40,41,42);/q;+2/p-2. The zero-order valence-electron chi connectivity index (χ0n) is 27.4. The van der Waals surface area contributed by atoms with Crippen LogP contribution >= 0.6 is 21.4 Å². The first kappa shape index (κ1) is 38.9. The molecule has 291 valence electrons. The van der Waals surface area contributed by atoms with Gasteiger partial charge < -0.3 is 19.1 Å². The molecule has 18 nitrogen and oxygen atoms in total. The van der Waals surface area contributed by atoms with Gasteiger partial charge in [-0.1, -0.05) is 72.8 Å². The van der Waals surface area contributed by atoms with Crippen LogP contribution < -0.4 is 0 Å². The number of H-pyrrole nitrogens is 2. The third-order valence-electron chi connectivity index (χ3n) is 8.81. The van der Waals surface area contributed by atoms with Crippen LogP contribution in [0.3, 0.4) is 0 Å². The van der Waals surface area contributed by atoms with Crippen molar-refractivity contribution >= 4 is 104 Å². The van der Waals surface area contributed by atoms with Gasteiger partial charge in [0, 0.05) is 59.8 Å². The van der Waals surface area contributed by atoms with Gasteiger partial charge in [-0.05, 0) is 0 Å². The maximum atomic E-state index is 13.4. The molecule has 1 radical (unpaired) electrons. The summed E-state index contributed by atoms with van der Waals surface area (Å²) in [5, 5.41) is -0.997. The number of hydrogen-bond acceptors (Lipinski definition) is 16. The molecule has 4 aromatic carbocycles. The van der Waals surface area contributed by atoms with Gasteiger partial charge in [0.2, 0.25) is 0 Å². The summed E-state index contributed by atoms with van der Waals surface area (Å²) < 4.78 is 131. The first-order valence-electron chi connectivity index (χ1n) is 15.5. The normalized spacial score (nSPS) is 13.0. The average molecular weight is 933 g/mol. The van der Waals surface area contributed by atoms with Crippen LogP contribution in [0.5, 0.6) is 0 Å². The van der Waals surface area contributed by atoms with Gasteiger partial charge in [-0.25, -0.2) is 63.6 Å². The van der Waals surface area contributed by atoms with E-state index >= 15 is 0 Å². The molecule has 0 spiro atoms. The second kappa shape index (κ2) is 13.0. The Bertz CT molecular complexity index is 3390. The minimum atomic E-state index is -6.40. The van der Waals surface area contributed by atoms with Gasteiger partial charge >= 0.3 is 17.1 Å². The second-order valence-corrected chi connectivity index (χ2v) is 19.7. The molecule has 57 heavy (non-hydrogen) atoms. The Morgan fingerprint density at radius 3 is 1.09 bits per heavy atom. The number of aromatic amines is 2. The molecule has 0 saturated heterocycles. The molecule has 9 rings (SSSR count). The summed E-state index contributed by atoms with van der Waals surface area (Å²) >= 11 is 0. The van der Waals surface area contributed by atoms with E-state index in [9.17, 15) is 42.8 Å². The predicted molar refractivity (Wildman–Crippen MR) is 198 cm³/mol. The number of fused-ring (bicyclic) bond motifs is 20. The predicted octanol–water partition coefficient (Wildman–Crippen LogP) is 4.53. The van der Waals surface area contributed by atoms with E-state index in [1.165, 1.54) is 0 Å². The maximum Gasteiger partial charge on any atom is 2.00 e. The van der Waals surface area contributed by atoms with Gasteiger partial charge in [-0.2, -0.15) is 0 Å². The van der Waals surface area contributed by atoms with Crippen LogP contribution in [-0.4, -0.2) is 82.6 Å². The van der Waals surface area contributed by atoms with Crippen molar-refractivity contribution in [3.05, 3.63) is 72.8 Å². The van der Waals surface area contributed by atoms with Crippen LogP contribution in [0.4, 0.5) is 0 Å². The van der Waals surface area contributed by atoms with E-state index in [0.29, 0.717) is 33.2 Å². The van der Waals surface area contributed by atoms with Crippen molar-refractivity contribution < 1.29 is 59.8 Å². The number of benzene rings is 4. The molecule has 0 aliphatic carbocycles. The Labute approximate surface area is 339 Å². The Kier molecular flexibility index (Phi) is 8.90. The molecule has 5 heterocycles. The molecule has 7 aromatic rings. The fourth-order valence-electron chi connectivity index (χ4n) is 6.71. The molecule has 0 unspecified atom stereocenters. The van der Waals surface area contributed by atoms with Gasteiger partial charge in [0.25, 0.3) is 18.1 Å². The molecule has 2 N–H and O–H groups in total. The first-order chi connectivity index (χ1) is 26.3. The molecule has 2 aliphatic heterocycles. The smallest absolute Gasteiger partial charge is 0.744 e. The van der Waals surface area contributed by atoms with Crippen LogP contribution in [0, 0.1) is 0 Å². The molecule has 0 amide bonds. The van der Waals surface area contributed by atoms with E-state index in [1.54, 1.807) is 72.8 Å². The minimum Gasteiger partial charge on any atom is -0.744 e. The summed E-state index contributed by atoms with van der Waals surface area (Å²) in [4.78, 5) is 25.1. The molecular formula is C32H14Cl2CuN8O10S4. The summed E-state index contributed by atoms with van der Waals surface area (Å²) in [6.45, 7) is 0. The molecule has 0 fully saturated rings. The summed E-state index contributed by atoms with van der Waals surface area (Å²) in [6, 6.07) is 20.1. The largest absolute Gasteiger partial charge is 2.00 e. The van der Waals surface area contributed by atoms with Gasteiger partial charge in [0.1, 0.15) is 52.6 Å². The van der Waals surface area contributed by atoms with E-state index in [1.807, 2.05) is 0 Å². The van der Waals surface area contributed by atoms with E-state index in [0.717, 1.165) is 0 Å². The van der Waals surface area contributed by atoms with E-state index in [4.69, 9.17) is 31.3 Å². The second-order valence-electron chi connectivity index (χ2n) is 12.1. The number of halogens is 2. The Morgan fingerprint density at radius 1 is 0.421 bits per heavy atom. The summed E-state index contributed by atoms with van der Waals surface area (Å²) in [5.41, 5.74) is 0.395. The fraction of sp³-hybridized carbons (Fsp3) is 0. The number of rotatable bonds is 4. The van der Waals surface area contributed by atoms with Crippen molar-refractivity contribution in [3.8, 4) is 45.6 Å². The van der Waals surface area contributed by atoms with Gasteiger partial charge in [0.05, 0.1) is 15.2 Å². The quantitative estimate of drug-likeness (QED) is 0.139. The van der Waals surface area contributed by atoms with Crippen LogP contribution in [0.25, 0.3) is 89.7 Å². The van der Waals surface area contributed by atoms with Crippen LogP contribution in [-0.2, 0) is 55.4 Å². The zero-order chi connectivity index (χ0) is 39.7. The summed E-state index contributed by atoms with van der Waals surface area (Å²) in [7, 11) is -12.7. The molecule has 3 aromatic heterocycles. The molecular weight excluding hydrogens is 919 g/mol. The fourth-order valence-corrected chi connectivity index (χ4v) is 12.9. The Morgan fingerprint density at radius 2 is 0.737 bits per heavy atom. The van der Waals surface area contributed by atoms with E-state index in [-0.39, 0.29) is 51.5 Å². The Balaban J connectivity index is 0.00000455. The SMILES string of the molecule is O=S(=O)([O-])c1c(S(=O)(=O)Cl)c(S(=O)(=O)Cl)c2c3nc4nc(nc5[nH]c(nc6nc(nc([nH]3)c2c1S(=O)(=O)[O-])-c1ccccc1-6)c1ccccc51)-c1ccccc1-4.[Cu+2]. The topological polar surface area (TPSA) is 292 Å². The molecule has 25 heteroatoms. The number of aromatic nitrogens is 8. The Hall–Kier alpha value is -4.94. The van der Waals surface area contributed by atoms with Crippen molar-refractivity contribution in [2.75, 3.05) is 0 Å². The van der Waals surface area contributed by atoms with E-state index < -0.39 is 80.0 Å². The van der Waals surface area contributed by atoms with Crippen molar-refractivity contribution in [1.29, 1.82) is 0 Å². The minimum absolute atomic E-state index is 0. The average Bonchev–Trinajstić information content (AvgIpc) is 3.84. The maximum absolute atomic E-state index is 13.4. The van der Waals surface area contributed by atoms with Crippen molar-refractivity contribution in [3.63, 3.8) is 0 Å². The number of nitrogens with zero attached hydrogens (tertiary/aromatic N) is 6. The number of hydrogen-bond donors (Lipinski definition) is 2. The van der Waals surface area contributed by atoms with Crippen molar-refractivity contribution in [2.45, 2.75) is 19.6 Å². The third kappa shape index (κ3) is 6.26. The van der Waals surface area contributed by atoms with Gasteiger partial charge in [-0.3, -0.25) is 0 Å². The molecule has 8 bridgehead atoms. The van der Waals surface area contributed by atoms with Crippen LogP contribution in [0.2, 0.25) is 0 Å². The number of nitrogens with one attached hydrogen (secondary N) is 2.